The van der Waals surface area contributed by atoms with E-state index in [1.54, 1.807) is 4.90 Å². The molecule has 1 aliphatic heterocycles. The molecule has 1 heterocycles. The third-order valence-electron chi connectivity index (χ3n) is 4.03. The highest BCUT2D eigenvalue weighted by Crippen LogP contribution is 2.31. The monoisotopic (exact) mass is 365 g/mol. The smallest absolute Gasteiger partial charge is 0.340 e. The molecule has 0 saturated carbocycles. The van der Waals surface area contributed by atoms with Crippen LogP contribution in [0, 0.1) is 11.6 Å². The highest BCUT2D eigenvalue weighted by atomic mass is 35.5. The van der Waals surface area contributed by atoms with Gasteiger partial charge in [-0.1, -0.05) is 29.8 Å². The molecule has 7 heteroatoms. The lowest BCUT2D eigenvalue weighted by Gasteiger charge is -2.22. The maximum atomic E-state index is 13.3. The number of esters is 1. The average molecular weight is 366 g/mol. The molecule has 25 heavy (non-hydrogen) atoms. The fourth-order valence-electron chi connectivity index (χ4n) is 2.90. The van der Waals surface area contributed by atoms with Gasteiger partial charge < -0.3 is 9.64 Å². The van der Waals surface area contributed by atoms with E-state index in [4.69, 9.17) is 16.3 Å². The first-order chi connectivity index (χ1) is 11.9. The summed E-state index contributed by atoms with van der Waals surface area (Å²) in [6, 6.07) is 8.76. The Labute approximate surface area is 148 Å². The Hall–Kier alpha value is -2.47. The zero-order valence-corrected chi connectivity index (χ0v) is 14.0. The number of hydrogen-bond acceptors (Lipinski definition) is 3. The topological polar surface area (TPSA) is 46.6 Å². The van der Waals surface area contributed by atoms with Crippen molar-refractivity contribution < 1.29 is 23.1 Å². The number of amides is 1. The Kier molecular flexibility index (Phi) is 4.72. The van der Waals surface area contributed by atoms with Crippen molar-refractivity contribution in [2.24, 2.45) is 0 Å². The van der Waals surface area contributed by atoms with Gasteiger partial charge in [0.1, 0.15) is 0 Å². The molecule has 1 aliphatic rings. The molecule has 0 bridgehead atoms. The second-order valence-corrected chi connectivity index (χ2v) is 6.18. The predicted octanol–water partition coefficient (Wildman–Crippen LogP) is 3.75. The second-order valence-electron chi connectivity index (χ2n) is 5.77. The van der Waals surface area contributed by atoms with Gasteiger partial charge in [0.2, 0.25) is 0 Å². The molecule has 1 atom stereocenters. The fourth-order valence-corrected chi connectivity index (χ4v) is 3.13. The van der Waals surface area contributed by atoms with Gasteiger partial charge in [0.25, 0.3) is 5.91 Å². The number of benzene rings is 2. The molecule has 3 rings (SSSR count). The van der Waals surface area contributed by atoms with Crippen molar-refractivity contribution in [1.82, 2.24) is 0 Å². The fraction of sp³-hybridized carbons (Fsp3) is 0.222. The Morgan fingerprint density at radius 3 is 2.68 bits per heavy atom. The summed E-state index contributed by atoms with van der Waals surface area (Å²) in [6.45, 7) is 1.37. The summed E-state index contributed by atoms with van der Waals surface area (Å²) in [4.78, 5) is 26.0. The van der Waals surface area contributed by atoms with Gasteiger partial charge in [-0.25, -0.2) is 13.6 Å². The van der Waals surface area contributed by atoms with Crippen LogP contribution in [0.15, 0.2) is 36.4 Å². The summed E-state index contributed by atoms with van der Waals surface area (Å²) in [5, 5.41) is -0.281. The van der Waals surface area contributed by atoms with Crippen LogP contribution in [0.4, 0.5) is 14.5 Å². The van der Waals surface area contributed by atoms with Crippen LogP contribution in [-0.4, -0.2) is 24.5 Å². The van der Waals surface area contributed by atoms with E-state index in [9.17, 15) is 18.4 Å². The zero-order valence-electron chi connectivity index (χ0n) is 13.3. The number of ether oxygens (including phenoxy) is 1. The number of rotatable bonds is 3. The largest absolute Gasteiger partial charge is 0.452 e. The molecule has 0 N–H and O–H groups in total. The Balaban J connectivity index is 1.71. The standard InChI is InChI=1S/C18H14ClF2NO3/c1-10-6-11-4-2-3-5-16(11)22(10)17(23)9-25-18(24)12-7-14(20)15(21)8-13(12)19/h2-5,7-8,10H,6,9H2,1H3. The third kappa shape index (κ3) is 3.35. The SMILES string of the molecule is CC1Cc2ccccc2N1C(=O)COC(=O)c1cc(F)c(F)cc1Cl. The molecule has 130 valence electrons. The van der Waals surface area contributed by atoms with Crippen LogP contribution < -0.4 is 4.90 Å². The molecule has 0 radical (unpaired) electrons. The highest BCUT2D eigenvalue weighted by molar-refractivity contribution is 6.33. The summed E-state index contributed by atoms with van der Waals surface area (Å²) in [7, 11) is 0. The van der Waals surface area contributed by atoms with E-state index in [1.807, 2.05) is 31.2 Å². The summed E-state index contributed by atoms with van der Waals surface area (Å²) in [5.41, 5.74) is 1.49. The maximum absolute atomic E-state index is 13.3. The van der Waals surface area contributed by atoms with Crippen LogP contribution in [0.2, 0.25) is 5.02 Å². The van der Waals surface area contributed by atoms with Crippen molar-refractivity contribution in [3.8, 4) is 0 Å². The third-order valence-corrected chi connectivity index (χ3v) is 4.35. The van der Waals surface area contributed by atoms with Crippen LogP contribution in [-0.2, 0) is 16.0 Å². The van der Waals surface area contributed by atoms with E-state index in [2.05, 4.69) is 0 Å². The molecule has 4 nitrogen and oxygen atoms in total. The highest BCUT2D eigenvalue weighted by Gasteiger charge is 2.31. The molecule has 0 aromatic heterocycles. The number of anilines is 1. The normalized spacial score (nSPS) is 15.8. The van der Waals surface area contributed by atoms with E-state index in [-0.39, 0.29) is 16.6 Å². The molecule has 1 unspecified atom stereocenters. The van der Waals surface area contributed by atoms with Crippen molar-refractivity contribution in [3.63, 3.8) is 0 Å². The van der Waals surface area contributed by atoms with Crippen molar-refractivity contribution in [1.29, 1.82) is 0 Å². The molecule has 2 aromatic rings. The minimum atomic E-state index is -1.22. The number of para-hydroxylation sites is 1. The van der Waals surface area contributed by atoms with Gasteiger partial charge in [0.15, 0.2) is 18.2 Å². The predicted molar refractivity (Wildman–Crippen MR) is 88.7 cm³/mol. The molecule has 0 aliphatic carbocycles. The average Bonchev–Trinajstić information content (AvgIpc) is 2.91. The van der Waals surface area contributed by atoms with E-state index in [1.165, 1.54) is 0 Å². The van der Waals surface area contributed by atoms with Gasteiger partial charge in [0.05, 0.1) is 10.6 Å². The molecule has 2 aromatic carbocycles. The number of nitrogens with zero attached hydrogens (tertiary/aromatic N) is 1. The maximum Gasteiger partial charge on any atom is 0.340 e. The zero-order chi connectivity index (χ0) is 18.1. The van der Waals surface area contributed by atoms with Crippen LogP contribution >= 0.6 is 11.6 Å². The number of carbonyl (C=O) groups excluding carboxylic acids is 2. The minimum absolute atomic E-state index is 0.0598. The Bertz CT molecular complexity index is 856. The summed E-state index contributed by atoms with van der Waals surface area (Å²) >= 11 is 5.73. The quantitative estimate of drug-likeness (QED) is 0.614. The Morgan fingerprint density at radius 1 is 1.24 bits per heavy atom. The van der Waals surface area contributed by atoms with Crippen LogP contribution in [0.1, 0.15) is 22.8 Å². The summed E-state index contributed by atoms with van der Waals surface area (Å²) in [6.07, 6.45) is 0.713. The Morgan fingerprint density at radius 2 is 1.92 bits per heavy atom. The molecular formula is C18H14ClF2NO3. The van der Waals surface area contributed by atoms with E-state index in [0.717, 1.165) is 11.3 Å². The van der Waals surface area contributed by atoms with Crippen molar-refractivity contribution in [2.45, 2.75) is 19.4 Å². The van der Waals surface area contributed by atoms with Crippen LogP contribution in [0.5, 0.6) is 0 Å². The van der Waals surface area contributed by atoms with Gasteiger partial charge >= 0.3 is 5.97 Å². The van der Waals surface area contributed by atoms with Crippen molar-refractivity contribution >= 4 is 29.2 Å². The molecular weight excluding hydrogens is 352 g/mol. The first kappa shape index (κ1) is 17.4. The second kappa shape index (κ2) is 6.80. The number of halogens is 3. The minimum Gasteiger partial charge on any atom is -0.452 e. The van der Waals surface area contributed by atoms with Crippen LogP contribution in [0.3, 0.4) is 0 Å². The van der Waals surface area contributed by atoms with E-state index in [0.29, 0.717) is 18.6 Å². The lowest BCUT2D eigenvalue weighted by molar-refractivity contribution is -0.122. The summed E-state index contributed by atoms with van der Waals surface area (Å²) < 4.78 is 31.3. The molecule has 0 spiro atoms. The first-order valence-electron chi connectivity index (χ1n) is 7.60. The van der Waals surface area contributed by atoms with Crippen molar-refractivity contribution in [3.05, 3.63) is 64.2 Å². The van der Waals surface area contributed by atoms with Crippen molar-refractivity contribution in [2.75, 3.05) is 11.5 Å². The van der Waals surface area contributed by atoms with E-state index >= 15 is 0 Å². The molecule has 0 saturated heterocycles. The molecule has 0 fully saturated rings. The summed E-state index contributed by atoms with van der Waals surface area (Å²) in [5.74, 6) is -3.77. The van der Waals surface area contributed by atoms with Gasteiger partial charge in [0, 0.05) is 11.7 Å². The van der Waals surface area contributed by atoms with Gasteiger partial charge in [-0.3, -0.25) is 4.79 Å². The lowest BCUT2D eigenvalue weighted by atomic mass is 10.1. The van der Waals surface area contributed by atoms with Gasteiger partial charge in [-0.2, -0.15) is 0 Å². The first-order valence-corrected chi connectivity index (χ1v) is 7.98. The molecule has 1 amide bonds. The van der Waals surface area contributed by atoms with E-state index < -0.39 is 30.1 Å². The van der Waals surface area contributed by atoms with Gasteiger partial charge in [-0.15, -0.1) is 0 Å². The van der Waals surface area contributed by atoms with Gasteiger partial charge in [-0.05, 0) is 37.1 Å². The van der Waals surface area contributed by atoms with Crippen LogP contribution in [0.25, 0.3) is 0 Å². The number of fused-ring (bicyclic) bond motifs is 1. The number of hydrogen-bond donors (Lipinski definition) is 0. The lowest BCUT2D eigenvalue weighted by Crippen LogP contribution is -2.38. The number of carbonyl (C=O) groups is 2.